The van der Waals surface area contributed by atoms with Crippen LogP contribution in [0.1, 0.15) is 37.0 Å². The van der Waals surface area contributed by atoms with Gasteiger partial charge in [0.2, 0.25) is 0 Å². The van der Waals surface area contributed by atoms with Crippen LogP contribution in [0.4, 0.5) is 11.4 Å². The zero-order valence-electron chi connectivity index (χ0n) is 18.4. The van der Waals surface area contributed by atoms with Crippen LogP contribution in [-0.4, -0.2) is 55.1 Å². The summed E-state index contributed by atoms with van der Waals surface area (Å²) >= 11 is 6.44. The molecule has 0 spiro atoms. The lowest BCUT2D eigenvalue weighted by molar-refractivity contribution is -0.384. The topological polar surface area (TPSA) is 85.2 Å². The molecular formula is C23H28ClN3O5. The Balaban J connectivity index is 1.68. The molecule has 0 saturated carbocycles. The third kappa shape index (κ3) is 5.62. The number of nitro groups is 1. The van der Waals surface area contributed by atoms with Gasteiger partial charge in [-0.1, -0.05) is 24.9 Å². The lowest BCUT2D eigenvalue weighted by Crippen LogP contribution is -2.48. The van der Waals surface area contributed by atoms with Crippen LogP contribution in [0, 0.1) is 10.1 Å². The highest BCUT2D eigenvalue weighted by Gasteiger charge is 2.25. The molecule has 1 fully saturated rings. The summed E-state index contributed by atoms with van der Waals surface area (Å²) in [5.74, 6) is 0.835. The third-order valence-electron chi connectivity index (χ3n) is 5.29. The van der Waals surface area contributed by atoms with Gasteiger partial charge in [-0.15, -0.1) is 0 Å². The van der Waals surface area contributed by atoms with Crippen molar-refractivity contribution < 1.29 is 19.2 Å². The third-order valence-corrected chi connectivity index (χ3v) is 5.57. The van der Waals surface area contributed by atoms with Gasteiger partial charge in [0.25, 0.3) is 11.6 Å². The fourth-order valence-electron chi connectivity index (χ4n) is 3.55. The van der Waals surface area contributed by atoms with E-state index in [1.54, 1.807) is 29.2 Å². The minimum Gasteiger partial charge on any atom is -0.490 e. The van der Waals surface area contributed by atoms with Crippen molar-refractivity contribution in [1.29, 1.82) is 0 Å². The van der Waals surface area contributed by atoms with Crippen molar-refractivity contribution in [3.63, 3.8) is 0 Å². The highest BCUT2D eigenvalue weighted by molar-refractivity contribution is 6.32. The molecule has 0 radical (unpaired) electrons. The van der Waals surface area contributed by atoms with Crippen molar-refractivity contribution in [2.75, 3.05) is 44.3 Å². The first kappa shape index (κ1) is 23.7. The molecule has 2 aromatic carbocycles. The number of nitro benzene ring substituents is 1. The van der Waals surface area contributed by atoms with Crippen LogP contribution in [0.3, 0.4) is 0 Å². The number of anilines is 1. The van der Waals surface area contributed by atoms with E-state index in [0.717, 1.165) is 18.5 Å². The lowest BCUT2D eigenvalue weighted by atomic mass is 10.1. The summed E-state index contributed by atoms with van der Waals surface area (Å²) in [6.45, 7) is 7.26. The Morgan fingerprint density at radius 1 is 1.09 bits per heavy atom. The number of non-ortho nitro benzene ring substituents is 1. The number of carbonyl (C=O) groups excluding carboxylic acids is 1. The second-order valence-electron chi connectivity index (χ2n) is 7.47. The van der Waals surface area contributed by atoms with Crippen molar-refractivity contribution in [3.8, 4) is 11.5 Å². The zero-order chi connectivity index (χ0) is 23.1. The van der Waals surface area contributed by atoms with Crippen LogP contribution in [0.5, 0.6) is 11.5 Å². The summed E-state index contributed by atoms with van der Waals surface area (Å²) in [5, 5.41) is 11.2. The van der Waals surface area contributed by atoms with E-state index in [1.165, 1.54) is 12.1 Å². The minimum atomic E-state index is -0.415. The summed E-state index contributed by atoms with van der Waals surface area (Å²) in [7, 11) is 0. The van der Waals surface area contributed by atoms with Crippen molar-refractivity contribution in [2.45, 2.75) is 26.7 Å². The van der Waals surface area contributed by atoms with E-state index in [-0.39, 0.29) is 11.6 Å². The molecule has 0 aliphatic carbocycles. The van der Waals surface area contributed by atoms with Gasteiger partial charge < -0.3 is 19.3 Å². The van der Waals surface area contributed by atoms with E-state index in [9.17, 15) is 14.9 Å². The number of amides is 1. The Bertz CT molecular complexity index is 943. The van der Waals surface area contributed by atoms with Crippen molar-refractivity contribution >= 4 is 28.9 Å². The van der Waals surface area contributed by atoms with Crippen LogP contribution >= 0.6 is 11.6 Å². The first-order valence-corrected chi connectivity index (χ1v) is 11.2. The van der Waals surface area contributed by atoms with Gasteiger partial charge in [-0.05, 0) is 37.6 Å². The second-order valence-corrected chi connectivity index (χ2v) is 7.88. The monoisotopic (exact) mass is 461 g/mol. The van der Waals surface area contributed by atoms with Gasteiger partial charge in [0.05, 0.1) is 23.2 Å². The molecule has 0 atom stereocenters. The fraction of sp³-hybridized carbons (Fsp3) is 0.435. The molecule has 1 aliphatic heterocycles. The van der Waals surface area contributed by atoms with Gasteiger partial charge in [0.1, 0.15) is 0 Å². The Hall–Kier alpha value is -3.00. The molecule has 2 aromatic rings. The van der Waals surface area contributed by atoms with Crippen molar-refractivity contribution in [1.82, 2.24) is 4.90 Å². The van der Waals surface area contributed by atoms with E-state index >= 15 is 0 Å². The molecule has 1 aliphatic rings. The predicted octanol–water partition coefficient (Wildman–Crippen LogP) is 4.79. The number of unbranched alkanes of at least 4 members (excludes halogenated alkanes) is 1. The molecule has 1 amide bonds. The standard InChI is InChI=1S/C23H28ClN3O5/c1-3-5-14-32-22-20(24)15-17(16-21(22)31-4-2)23(28)26-12-10-25(11-13-26)18-6-8-19(9-7-18)27(29)30/h6-9,15-16H,3-5,10-14H2,1-2H3. The van der Waals surface area contributed by atoms with Crippen LogP contribution < -0.4 is 14.4 Å². The maximum Gasteiger partial charge on any atom is 0.269 e. The van der Waals surface area contributed by atoms with Gasteiger partial charge in [-0.2, -0.15) is 0 Å². The second kappa shape index (κ2) is 11.0. The smallest absolute Gasteiger partial charge is 0.269 e. The molecule has 3 rings (SSSR count). The molecule has 32 heavy (non-hydrogen) atoms. The number of hydrogen-bond acceptors (Lipinski definition) is 6. The van der Waals surface area contributed by atoms with Gasteiger partial charge >= 0.3 is 0 Å². The predicted molar refractivity (Wildman–Crippen MR) is 124 cm³/mol. The summed E-state index contributed by atoms with van der Waals surface area (Å²) in [4.78, 5) is 27.4. The molecule has 9 heteroatoms. The van der Waals surface area contributed by atoms with E-state index < -0.39 is 4.92 Å². The molecule has 0 aromatic heterocycles. The Labute approximate surface area is 192 Å². The van der Waals surface area contributed by atoms with Gasteiger partial charge in [-0.25, -0.2) is 0 Å². The number of carbonyl (C=O) groups is 1. The molecular weight excluding hydrogens is 434 g/mol. The number of piperazine rings is 1. The molecule has 1 saturated heterocycles. The number of benzene rings is 2. The van der Waals surface area contributed by atoms with Gasteiger partial charge in [0, 0.05) is 49.6 Å². The number of hydrogen-bond donors (Lipinski definition) is 0. The molecule has 1 heterocycles. The van der Waals surface area contributed by atoms with Crippen LogP contribution in [-0.2, 0) is 0 Å². The maximum atomic E-state index is 13.1. The summed E-state index contributed by atoms with van der Waals surface area (Å²) < 4.78 is 11.5. The molecule has 172 valence electrons. The van der Waals surface area contributed by atoms with E-state index in [0.29, 0.717) is 61.5 Å². The van der Waals surface area contributed by atoms with Gasteiger partial charge in [0.15, 0.2) is 11.5 Å². The highest BCUT2D eigenvalue weighted by Crippen LogP contribution is 2.37. The van der Waals surface area contributed by atoms with Crippen LogP contribution in [0.25, 0.3) is 0 Å². The quantitative estimate of drug-likeness (QED) is 0.303. The number of nitrogens with zero attached hydrogens (tertiary/aromatic N) is 3. The molecule has 8 nitrogen and oxygen atoms in total. The first-order valence-electron chi connectivity index (χ1n) is 10.8. The average Bonchev–Trinajstić information content (AvgIpc) is 2.80. The normalized spacial score (nSPS) is 13.7. The van der Waals surface area contributed by atoms with E-state index in [1.807, 2.05) is 6.92 Å². The Morgan fingerprint density at radius 3 is 2.38 bits per heavy atom. The lowest BCUT2D eigenvalue weighted by Gasteiger charge is -2.36. The SMILES string of the molecule is CCCCOc1c(Cl)cc(C(=O)N2CCN(c3ccc([N+](=O)[O-])cc3)CC2)cc1OCC. The Morgan fingerprint density at radius 2 is 1.78 bits per heavy atom. The van der Waals surface area contributed by atoms with Crippen molar-refractivity contribution in [2.24, 2.45) is 0 Å². The van der Waals surface area contributed by atoms with E-state index in [4.69, 9.17) is 21.1 Å². The molecule has 0 unspecified atom stereocenters. The van der Waals surface area contributed by atoms with Crippen LogP contribution in [0.2, 0.25) is 5.02 Å². The molecule has 0 N–H and O–H groups in total. The number of rotatable bonds is 9. The zero-order valence-corrected chi connectivity index (χ0v) is 19.1. The van der Waals surface area contributed by atoms with E-state index in [2.05, 4.69) is 11.8 Å². The summed E-state index contributed by atoms with van der Waals surface area (Å²) in [6.07, 6.45) is 1.91. The maximum absolute atomic E-state index is 13.1. The fourth-order valence-corrected chi connectivity index (χ4v) is 3.81. The summed E-state index contributed by atoms with van der Waals surface area (Å²) in [5.41, 5.74) is 1.43. The summed E-state index contributed by atoms with van der Waals surface area (Å²) in [6, 6.07) is 9.79. The van der Waals surface area contributed by atoms with Gasteiger partial charge in [-0.3, -0.25) is 14.9 Å². The highest BCUT2D eigenvalue weighted by atomic mass is 35.5. The van der Waals surface area contributed by atoms with Crippen molar-refractivity contribution in [3.05, 3.63) is 57.1 Å². The number of ether oxygens (including phenoxy) is 2. The van der Waals surface area contributed by atoms with Crippen LogP contribution in [0.15, 0.2) is 36.4 Å². The largest absolute Gasteiger partial charge is 0.490 e. The minimum absolute atomic E-state index is 0.0617. The average molecular weight is 462 g/mol. The number of halogens is 1. The molecule has 0 bridgehead atoms. The Kier molecular flexibility index (Phi) is 8.16. The first-order chi connectivity index (χ1) is 15.4.